The summed E-state index contributed by atoms with van der Waals surface area (Å²) in [6.07, 6.45) is 6.18. The standard InChI is InChI=1S/C16H19N3S/c1-2-4-13-9-14(8-7-11(13)3-1)17-10-15-18-19-16(20-15)12-5-6-12/h1-4,12,14,17H,5-10H2. The Balaban J connectivity index is 1.35. The molecule has 1 N–H and O–H groups in total. The maximum absolute atomic E-state index is 4.31. The summed E-state index contributed by atoms with van der Waals surface area (Å²) in [7, 11) is 0. The third kappa shape index (κ3) is 2.63. The van der Waals surface area contributed by atoms with E-state index in [1.165, 1.54) is 41.8 Å². The molecule has 1 saturated carbocycles. The average Bonchev–Trinajstić information content (AvgIpc) is 3.24. The minimum atomic E-state index is 0.582. The van der Waals surface area contributed by atoms with Crippen molar-refractivity contribution in [1.29, 1.82) is 0 Å². The van der Waals surface area contributed by atoms with Crippen molar-refractivity contribution < 1.29 is 0 Å². The first-order chi connectivity index (χ1) is 9.88. The Morgan fingerprint density at radius 1 is 1.10 bits per heavy atom. The van der Waals surface area contributed by atoms with Crippen LogP contribution in [0.3, 0.4) is 0 Å². The summed E-state index contributed by atoms with van der Waals surface area (Å²) in [4.78, 5) is 0. The van der Waals surface area contributed by atoms with E-state index in [4.69, 9.17) is 0 Å². The van der Waals surface area contributed by atoms with Crippen molar-refractivity contribution in [3.8, 4) is 0 Å². The van der Waals surface area contributed by atoms with Crippen LogP contribution >= 0.6 is 11.3 Å². The summed E-state index contributed by atoms with van der Waals surface area (Å²) < 4.78 is 0. The molecule has 2 aliphatic rings. The molecule has 0 aliphatic heterocycles. The highest BCUT2D eigenvalue weighted by molar-refractivity contribution is 7.11. The highest BCUT2D eigenvalue weighted by Gasteiger charge is 2.27. The predicted octanol–water partition coefficient (Wildman–Crippen LogP) is 3.06. The molecule has 20 heavy (non-hydrogen) atoms. The molecule has 0 radical (unpaired) electrons. The molecule has 1 atom stereocenters. The van der Waals surface area contributed by atoms with Crippen LogP contribution in [0.4, 0.5) is 0 Å². The Bertz CT molecular complexity index is 603. The lowest BCUT2D eigenvalue weighted by Crippen LogP contribution is -2.34. The predicted molar refractivity (Wildman–Crippen MR) is 81.0 cm³/mol. The van der Waals surface area contributed by atoms with Gasteiger partial charge in [-0.05, 0) is 43.2 Å². The number of rotatable bonds is 4. The molecule has 104 valence electrons. The highest BCUT2D eigenvalue weighted by atomic mass is 32.1. The number of nitrogens with one attached hydrogen (secondary N) is 1. The number of hydrogen-bond acceptors (Lipinski definition) is 4. The molecule has 0 amide bonds. The zero-order chi connectivity index (χ0) is 13.4. The lowest BCUT2D eigenvalue weighted by Gasteiger charge is -2.25. The Morgan fingerprint density at radius 3 is 2.80 bits per heavy atom. The smallest absolute Gasteiger partial charge is 0.131 e. The van der Waals surface area contributed by atoms with Gasteiger partial charge < -0.3 is 5.32 Å². The summed E-state index contributed by atoms with van der Waals surface area (Å²) in [5, 5.41) is 14.7. The van der Waals surface area contributed by atoms with E-state index >= 15 is 0 Å². The largest absolute Gasteiger partial charge is 0.307 e. The summed E-state index contributed by atoms with van der Waals surface area (Å²) in [6.45, 7) is 0.872. The van der Waals surface area contributed by atoms with Crippen LogP contribution in [0.1, 0.15) is 46.3 Å². The van der Waals surface area contributed by atoms with Gasteiger partial charge in [0.15, 0.2) is 0 Å². The van der Waals surface area contributed by atoms with Crippen LogP contribution in [-0.2, 0) is 19.4 Å². The molecule has 1 unspecified atom stereocenters. The minimum Gasteiger partial charge on any atom is -0.307 e. The van der Waals surface area contributed by atoms with Gasteiger partial charge in [0.25, 0.3) is 0 Å². The molecule has 1 aromatic heterocycles. The number of fused-ring (bicyclic) bond motifs is 1. The van der Waals surface area contributed by atoms with Gasteiger partial charge in [0.05, 0.1) is 0 Å². The summed E-state index contributed by atoms with van der Waals surface area (Å²) in [6, 6.07) is 9.40. The molecule has 0 bridgehead atoms. The first kappa shape index (κ1) is 12.5. The Hall–Kier alpha value is -1.26. The quantitative estimate of drug-likeness (QED) is 0.938. The SMILES string of the molecule is c1ccc2c(c1)CCC(NCc1nnc(C3CC3)s1)C2. The molecule has 4 heteroatoms. The van der Waals surface area contributed by atoms with Crippen molar-refractivity contribution in [2.24, 2.45) is 0 Å². The number of nitrogens with zero attached hydrogens (tertiary/aromatic N) is 2. The fourth-order valence-electron chi connectivity index (χ4n) is 2.94. The first-order valence-corrected chi connectivity index (χ1v) is 8.32. The van der Waals surface area contributed by atoms with E-state index in [0.717, 1.165) is 23.9 Å². The van der Waals surface area contributed by atoms with Gasteiger partial charge in [-0.2, -0.15) is 0 Å². The molecular formula is C16H19N3S. The van der Waals surface area contributed by atoms with Crippen molar-refractivity contribution in [3.63, 3.8) is 0 Å². The van der Waals surface area contributed by atoms with Crippen LogP contribution in [0.25, 0.3) is 0 Å². The molecule has 1 fully saturated rings. The van der Waals surface area contributed by atoms with Gasteiger partial charge in [-0.25, -0.2) is 0 Å². The molecule has 3 nitrogen and oxygen atoms in total. The summed E-state index contributed by atoms with van der Waals surface area (Å²) in [5.41, 5.74) is 3.03. The Kier molecular flexibility index (Phi) is 3.28. The second kappa shape index (κ2) is 5.26. The average molecular weight is 285 g/mol. The molecule has 2 aliphatic carbocycles. The minimum absolute atomic E-state index is 0.582. The van der Waals surface area contributed by atoms with Crippen LogP contribution in [-0.4, -0.2) is 16.2 Å². The van der Waals surface area contributed by atoms with E-state index in [1.807, 2.05) is 0 Å². The Morgan fingerprint density at radius 2 is 1.95 bits per heavy atom. The van der Waals surface area contributed by atoms with Crippen LogP contribution in [0, 0.1) is 0 Å². The molecule has 1 aromatic carbocycles. The van der Waals surface area contributed by atoms with Gasteiger partial charge >= 0.3 is 0 Å². The maximum atomic E-state index is 4.31. The summed E-state index contributed by atoms with van der Waals surface area (Å²) >= 11 is 1.79. The fraction of sp³-hybridized carbons (Fsp3) is 0.500. The van der Waals surface area contributed by atoms with Crippen LogP contribution in [0.15, 0.2) is 24.3 Å². The van der Waals surface area contributed by atoms with Gasteiger partial charge in [-0.15, -0.1) is 10.2 Å². The highest BCUT2D eigenvalue weighted by Crippen LogP contribution is 2.41. The molecule has 1 heterocycles. The molecule has 0 spiro atoms. The number of aryl methyl sites for hydroxylation is 1. The van der Waals surface area contributed by atoms with E-state index in [-0.39, 0.29) is 0 Å². The van der Waals surface area contributed by atoms with E-state index in [2.05, 4.69) is 39.8 Å². The first-order valence-electron chi connectivity index (χ1n) is 7.51. The second-order valence-electron chi connectivity index (χ2n) is 5.90. The van der Waals surface area contributed by atoms with Crippen molar-refractivity contribution >= 4 is 11.3 Å². The van der Waals surface area contributed by atoms with Crippen molar-refractivity contribution in [2.75, 3.05) is 0 Å². The van der Waals surface area contributed by atoms with Crippen LogP contribution < -0.4 is 5.32 Å². The number of aromatic nitrogens is 2. The second-order valence-corrected chi connectivity index (χ2v) is 6.99. The third-order valence-electron chi connectivity index (χ3n) is 4.30. The molecule has 0 saturated heterocycles. The van der Waals surface area contributed by atoms with Gasteiger partial charge in [0.1, 0.15) is 10.0 Å². The monoisotopic (exact) mass is 285 g/mol. The lowest BCUT2D eigenvalue weighted by molar-refractivity contribution is 0.456. The van der Waals surface area contributed by atoms with Gasteiger partial charge in [-0.3, -0.25) is 0 Å². The molecular weight excluding hydrogens is 266 g/mol. The number of hydrogen-bond donors (Lipinski definition) is 1. The van der Waals surface area contributed by atoms with Crippen LogP contribution in [0.2, 0.25) is 0 Å². The van der Waals surface area contributed by atoms with Gasteiger partial charge in [-0.1, -0.05) is 35.6 Å². The van der Waals surface area contributed by atoms with Gasteiger partial charge in [0.2, 0.25) is 0 Å². The number of benzene rings is 1. The van der Waals surface area contributed by atoms with E-state index < -0.39 is 0 Å². The topological polar surface area (TPSA) is 37.8 Å². The van der Waals surface area contributed by atoms with Gasteiger partial charge in [0, 0.05) is 18.5 Å². The zero-order valence-corrected chi connectivity index (χ0v) is 12.3. The zero-order valence-electron chi connectivity index (χ0n) is 11.5. The van der Waals surface area contributed by atoms with E-state index in [1.54, 1.807) is 11.3 Å². The normalized spacial score (nSPS) is 21.7. The van der Waals surface area contributed by atoms with E-state index in [9.17, 15) is 0 Å². The fourth-order valence-corrected chi connectivity index (χ4v) is 3.90. The lowest BCUT2D eigenvalue weighted by atomic mass is 9.88. The third-order valence-corrected chi connectivity index (χ3v) is 5.38. The molecule has 4 rings (SSSR count). The maximum Gasteiger partial charge on any atom is 0.131 e. The van der Waals surface area contributed by atoms with Crippen molar-refractivity contribution in [3.05, 3.63) is 45.4 Å². The van der Waals surface area contributed by atoms with E-state index in [0.29, 0.717) is 6.04 Å². The Labute approximate surface area is 123 Å². The van der Waals surface area contributed by atoms with Crippen molar-refractivity contribution in [1.82, 2.24) is 15.5 Å². The van der Waals surface area contributed by atoms with Crippen LogP contribution in [0.5, 0.6) is 0 Å². The summed E-state index contributed by atoms with van der Waals surface area (Å²) in [5.74, 6) is 0.725. The molecule has 2 aromatic rings. The van der Waals surface area contributed by atoms with Crippen molar-refractivity contribution in [2.45, 2.75) is 50.6 Å².